The molecule has 0 saturated heterocycles. The zero-order chi connectivity index (χ0) is 35.5. The molecular formula is C39H45N3O6S2. The maximum atomic E-state index is 14.9. The summed E-state index contributed by atoms with van der Waals surface area (Å²) in [6.45, 7) is 1.59. The molecule has 0 heterocycles. The van der Waals surface area contributed by atoms with Crippen LogP contribution in [0, 0.1) is 0 Å². The van der Waals surface area contributed by atoms with E-state index in [0.717, 1.165) is 46.0 Å². The molecule has 0 unspecified atom stereocenters. The fraction of sp³-hybridized carbons (Fsp3) is 0.333. The number of ether oxygens (including phenoxy) is 2. The third-order valence-corrected chi connectivity index (χ3v) is 11.3. The van der Waals surface area contributed by atoms with Gasteiger partial charge in [0.15, 0.2) is 0 Å². The smallest absolute Gasteiger partial charge is 0.264 e. The van der Waals surface area contributed by atoms with Crippen LogP contribution in [0.3, 0.4) is 0 Å². The van der Waals surface area contributed by atoms with Crippen molar-refractivity contribution in [2.45, 2.75) is 67.4 Å². The Balaban J connectivity index is 1.60. The molecule has 2 amide bonds. The topological polar surface area (TPSA) is 105 Å². The fourth-order valence-corrected chi connectivity index (χ4v) is 8.05. The van der Waals surface area contributed by atoms with Crippen LogP contribution >= 0.6 is 11.8 Å². The van der Waals surface area contributed by atoms with Gasteiger partial charge in [-0.25, -0.2) is 8.42 Å². The molecule has 0 bridgehead atoms. The predicted octanol–water partition coefficient (Wildman–Crippen LogP) is 6.71. The number of anilines is 1. The van der Waals surface area contributed by atoms with Crippen molar-refractivity contribution in [3.63, 3.8) is 0 Å². The number of nitrogens with one attached hydrogen (secondary N) is 1. The molecule has 0 aliphatic heterocycles. The quantitative estimate of drug-likeness (QED) is 0.129. The number of amides is 2. The van der Waals surface area contributed by atoms with Crippen molar-refractivity contribution in [2.75, 3.05) is 30.8 Å². The van der Waals surface area contributed by atoms with Gasteiger partial charge in [-0.1, -0.05) is 67.4 Å². The Morgan fingerprint density at radius 2 is 1.58 bits per heavy atom. The molecule has 11 heteroatoms. The van der Waals surface area contributed by atoms with Crippen molar-refractivity contribution in [2.24, 2.45) is 0 Å². The van der Waals surface area contributed by atoms with E-state index in [9.17, 15) is 18.0 Å². The van der Waals surface area contributed by atoms with Gasteiger partial charge in [0.25, 0.3) is 10.0 Å². The highest BCUT2D eigenvalue weighted by Gasteiger charge is 2.36. The molecule has 1 aliphatic carbocycles. The summed E-state index contributed by atoms with van der Waals surface area (Å²) >= 11 is 1.50. The molecule has 0 aromatic heterocycles. The summed E-state index contributed by atoms with van der Waals surface area (Å²) in [5.41, 5.74) is 1.84. The number of sulfonamides is 1. The van der Waals surface area contributed by atoms with Gasteiger partial charge < -0.3 is 19.7 Å². The zero-order valence-electron chi connectivity index (χ0n) is 28.8. The van der Waals surface area contributed by atoms with E-state index in [4.69, 9.17) is 9.47 Å². The first-order valence-corrected chi connectivity index (χ1v) is 19.5. The first-order valence-electron chi connectivity index (χ1n) is 16.9. The lowest BCUT2D eigenvalue weighted by Gasteiger charge is -2.34. The highest BCUT2D eigenvalue weighted by molar-refractivity contribution is 7.98. The van der Waals surface area contributed by atoms with Crippen LogP contribution in [0.15, 0.2) is 113 Å². The van der Waals surface area contributed by atoms with Gasteiger partial charge in [0.2, 0.25) is 11.8 Å². The fourth-order valence-electron chi connectivity index (χ4n) is 6.22. The molecule has 1 fully saturated rings. The summed E-state index contributed by atoms with van der Waals surface area (Å²) in [4.78, 5) is 31.6. The van der Waals surface area contributed by atoms with Crippen molar-refractivity contribution < 1.29 is 27.5 Å². The molecule has 4 aromatic carbocycles. The number of benzene rings is 4. The highest BCUT2D eigenvalue weighted by atomic mass is 32.2. The largest absolute Gasteiger partial charge is 0.497 e. The standard InChI is InChI=1S/C39H45N3O6S2/c1-4-48-37-20-11-10-19-35(37)42(50(45,46)34-23-21-33(49-3)22-24-34)28-38(43)41(27-30-15-12-18-32(25-30)47-2)36(26-29-13-6-5-7-14-29)39(44)40-31-16-8-9-17-31/h5-7,10-15,18-25,31,36H,4,8-9,16-17,26-28H2,1-3H3,(H,40,44)/t36-/m0/s1. The summed E-state index contributed by atoms with van der Waals surface area (Å²) < 4.78 is 41.5. The van der Waals surface area contributed by atoms with E-state index in [1.807, 2.05) is 67.8 Å². The van der Waals surface area contributed by atoms with Gasteiger partial charge in [0, 0.05) is 23.9 Å². The molecule has 1 atom stereocenters. The van der Waals surface area contributed by atoms with Crippen LogP contribution in [0.2, 0.25) is 0 Å². The van der Waals surface area contributed by atoms with E-state index in [-0.39, 0.29) is 35.5 Å². The molecule has 9 nitrogen and oxygen atoms in total. The Hall–Kier alpha value is -4.48. The van der Waals surface area contributed by atoms with Crippen molar-refractivity contribution in [3.05, 3.63) is 114 Å². The SMILES string of the molecule is CCOc1ccccc1N(CC(=O)N(Cc1cccc(OC)c1)[C@@H](Cc1ccccc1)C(=O)NC1CCCC1)S(=O)(=O)c1ccc(SC)cc1. The van der Waals surface area contributed by atoms with Gasteiger partial charge in [-0.15, -0.1) is 11.8 Å². The number of nitrogens with zero attached hydrogens (tertiary/aromatic N) is 2. The van der Waals surface area contributed by atoms with Crippen LogP contribution < -0.4 is 19.1 Å². The Kier molecular flexibility index (Phi) is 12.8. The number of thioether (sulfide) groups is 1. The van der Waals surface area contributed by atoms with Crippen LogP contribution in [0.25, 0.3) is 0 Å². The normalized spacial score (nSPS) is 13.7. The van der Waals surface area contributed by atoms with Crippen LogP contribution in [-0.4, -0.2) is 63.7 Å². The van der Waals surface area contributed by atoms with E-state index in [0.29, 0.717) is 18.1 Å². The molecule has 1 N–H and O–H groups in total. The summed E-state index contributed by atoms with van der Waals surface area (Å²) in [6.07, 6.45) is 5.98. The Morgan fingerprint density at radius 1 is 0.900 bits per heavy atom. The van der Waals surface area contributed by atoms with E-state index < -0.39 is 28.5 Å². The van der Waals surface area contributed by atoms with Gasteiger partial charge in [-0.2, -0.15) is 0 Å². The average molecular weight is 716 g/mol. The summed E-state index contributed by atoms with van der Waals surface area (Å²) in [5.74, 6) is 0.124. The molecule has 1 saturated carbocycles. The summed E-state index contributed by atoms with van der Waals surface area (Å²) in [7, 11) is -2.71. The Morgan fingerprint density at radius 3 is 2.26 bits per heavy atom. The van der Waals surface area contributed by atoms with Gasteiger partial charge in [-0.3, -0.25) is 13.9 Å². The van der Waals surface area contributed by atoms with Crippen molar-refractivity contribution in [1.29, 1.82) is 0 Å². The van der Waals surface area contributed by atoms with Crippen LogP contribution in [0.4, 0.5) is 5.69 Å². The molecular weight excluding hydrogens is 671 g/mol. The van der Waals surface area contributed by atoms with Crippen LogP contribution in [-0.2, 0) is 32.6 Å². The monoisotopic (exact) mass is 715 g/mol. The highest BCUT2D eigenvalue weighted by Crippen LogP contribution is 2.33. The summed E-state index contributed by atoms with van der Waals surface area (Å²) in [5, 5.41) is 3.21. The van der Waals surface area contributed by atoms with Crippen LogP contribution in [0.1, 0.15) is 43.7 Å². The molecule has 4 aromatic rings. The Bertz CT molecular complexity index is 1830. The number of carbonyl (C=O) groups excluding carboxylic acids is 2. The molecule has 1 aliphatic rings. The minimum Gasteiger partial charge on any atom is -0.497 e. The Labute approximate surface area is 300 Å². The van der Waals surface area contributed by atoms with Crippen molar-refractivity contribution in [3.8, 4) is 11.5 Å². The third kappa shape index (κ3) is 9.19. The number of carbonyl (C=O) groups is 2. The second-order valence-electron chi connectivity index (χ2n) is 12.2. The third-order valence-electron chi connectivity index (χ3n) is 8.82. The van der Waals surface area contributed by atoms with Crippen molar-refractivity contribution in [1.82, 2.24) is 10.2 Å². The lowest BCUT2D eigenvalue weighted by Crippen LogP contribution is -2.54. The minimum atomic E-state index is -4.28. The number of rotatable bonds is 16. The average Bonchev–Trinajstić information content (AvgIpc) is 3.66. The number of methoxy groups -OCH3 is 1. The first kappa shape index (κ1) is 36.8. The number of para-hydroxylation sites is 2. The minimum absolute atomic E-state index is 0.0220. The molecule has 50 heavy (non-hydrogen) atoms. The molecule has 5 rings (SSSR count). The molecule has 0 radical (unpaired) electrons. The van der Waals surface area contributed by atoms with Gasteiger partial charge in [-0.05, 0) is 85.7 Å². The lowest BCUT2D eigenvalue weighted by atomic mass is 10.0. The molecule has 264 valence electrons. The maximum absolute atomic E-state index is 14.9. The van der Waals surface area contributed by atoms with E-state index in [2.05, 4.69) is 5.32 Å². The zero-order valence-corrected chi connectivity index (χ0v) is 30.4. The molecule has 0 spiro atoms. The second kappa shape index (κ2) is 17.4. The van der Waals surface area contributed by atoms with Gasteiger partial charge in [0.1, 0.15) is 24.1 Å². The van der Waals surface area contributed by atoms with Crippen LogP contribution in [0.5, 0.6) is 11.5 Å². The van der Waals surface area contributed by atoms with Gasteiger partial charge >= 0.3 is 0 Å². The predicted molar refractivity (Wildman–Crippen MR) is 198 cm³/mol. The lowest BCUT2D eigenvalue weighted by molar-refractivity contribution is -0.140. The number of hydrogen-bond donors (Lipinski definition) is 1. The maximum Gasteiger partial charge on any atom is 0.264 e. The van der Waals surface area contributed by atoms with Crippen molar-refractivity contribution >= 4 is 39.3 Å². The second-order valence-corrected chi connectivity index (χ2v) is 14.9. The van der Waals surface area contributed by atoms with E-state index in [1.165, 1.54) is 16.7 Å². The van der Waals surface area contributed by atoms with E-state index in [1.54, 1.807) is 55.6 Å². The first-order chi connectivity index (χ1) is 24.2. The van der Waals surface area contributed by atoms with E-state index >= 15 is 0 Å². The summed E-state index contributed by atoms with van der Waals surface area (Å²) in [6, 6.07) is 29.3. The van der Waals surface area contributed by atoms with Gasteiger partial charge in [0.05, 0.1) is 24.3 Å². The number of hydrogen-bond acceptors (Lipinski definition) is 7.